The highest BCUT2D eigenvalue weighted by molar-refractivity contribution is 7.89. The van der Waals surface area contributed by atoms with Crippen LogP contribution in [0.15, 0.2) is 41.8 Å². The molecule has 1 aromatic heterocycles. The van der Waals surface area contributed by atoms with Gasteiger partial charge in [0.25, 0.3) is 10.0 Å². The Kier molecular flexibility index (Phi) is 4.41. The van der Waals surface area contributed by atoms with E-state index in [4.69, 9.17) is 5.73 Å². The molecule has 0 aliphatic heterocycles. The lowest BCUT2D eigenvalue weighted by molar-refractivity contribution is 0.404. The second kappa shape index (κ2) is 6.06. The Labute approximate surface area is 118 Å². The topological polar surface area (TPSA) is 92.1 Å². The van der Waals surface area contributed by atoms with Crippen LogP contribution in [0.3, 0.4) is 0 Å². The van der Waals surface area contributed by atoms with Crippen molar-refractivity contribution in [2.24, 2.45) is 0 Å². The maximum atomic E-state index is 12.5. The molecule has 0 radical (unpaired) electrons. The van der Waals surface area contributed by atoms with Gasteiger partial charge in [-0.1, -0.05) is 25.1 Å². The van der Waals surface area contributed by atoms with Crippen molar-refractivity contribution in [3.63, 3.8) is 0 Å². The minimum Gasteiger partial charge on any atom is -0.398 e. The Morgan fingerprint density at radius 1 is 1.35 bits per heavy atom. The number of benzene rings is 1. The Morgan fingerprint density at radius 2 is 2.10 bits per heavy atom. The van der Waals surface area contributed by atoms with E-state index in [9.17, 15) is 8.42 Å². The molecule has 3 N–H and O–H groups in total. The maximum absolute atomic E-state index is 12.5. The van der Waals surface area contributed by atoms with Crippen LogP contribution in [-0.4, -0.2) is 29.2 Å². The van der Waals surface area contributed by atoms with E-state index in [1.807, 2.05) is 25.1 Å². The van der Waals surface area contributed by atoms with Crippen LogP contribution < -0.4 is 5.73 Å². The van der Waals surface area contributed by atoms with E-state index in [-0.39, 0.29) is 11.6 Å². The van der Waals surface area contributed by atoms with E-state index in [1.54, 1.807) is 6.07 Å². The third-order valence-corrected chi connectivity index (χ3v) is 4.74. The minimum atomic E-state index is -3.58. The number of sulfonamides is 1. The molecule has 0 fully saturated rings. The summed E-state index contributed by atoms with van der Waals surface area (Å²) in [7, 11) is -3.58. The minimum absolute atomic E-state index is 0.0976. The van der Waals surface area contributed by atoms with E-state index in [0.29, 0.717) is 12.2 Å². The molecule has 108 valence electrons. The summed E-state index contributed by atoms with van der Waals surface area (Å²) in [5, 5.41) is 0.0976. The number of nitrogen functional groups attached to an aromatic ring is 1. The molecule has 0 atom stereocenters. The summed E-state index contributed by atoms with van der Waals surface area (Å²) in [6.07, 6.45) is 3.39. The van der Waals surface area contributed by atoms with Crippen molar-refractivity contribution >= 4 is 15.7 Å². The van der Waals surface area contributed by atoms with Gasteiger partial charge in [0.05, 0.1) is 12.5 Å². The summed E-state index contributed by atoms with van der Waals surface area (Å²) in [6, 6.07) is 7.27. The van der Waals surface area contributed by atoms with Gasteiger partial charge in [-0.05, 0) is 18.1 Å². The Hall–Kier alpha value is -1.86. The third-order valence-electron chi connectivity index (χ3n) is 2.97. The predicted octanol–water partition coefficient (Wildman–Crippen LogP) is 1.59. The molecule has 0 unspecified atom stereocenters. The van der Waals surface area contributed by atoms with Crippen LogP contribution >= 0.6 is 0 Å². The summed E-state index contributed by atoms with van der Waals surface area (Å²) in [5.41, 5.74) is 7.27. The largest absolute Gasteiger partial charge is 0.398 e. The van der Waals surface area contributed by atoms with E-state index < -0.39 is 10.0 Å². The fraction of sp³-hybridized carbons (Fsp3) is 0.308. The molecule has 2 rings (SSSR count). The first kappa shape index (κ1) is 14.5. The number of imidazole rings is 1. The molecular formula is C13H18N4O2S. The van der Waals surface area contributed by atoms with Crippen LogP contribution in [0, 0.1) is 0 Å². The molecule has 1 heterocycles. The first-order chi connectivity index (χ1) is 9.55. The molecule has 6 nitrogen and oxygen atoms in total. The van der Waals surface area contributed by atoms with Crippen molar-refractivity contribution in [2.45, 2.75) is 24.9 Å². The first-order valence-electron chi connectivity index (χ1n) is 6.37. The highest BCUT2D eigenvalue weighted by Crippen LogP contribution is 2.19. The van der Waals surface area contributed by atoms with Gasteiger partial charge in [0.2, 0.25) is 0 Å². The summed E-state index contributed by atoms with van der Waals surface area (Å²) in [6.45, 7) is 2.61. The smallest absolute Gasteiger partial charge is 0.260 e. The normalized spacial score (nSPS) is 11.9. The summed E-state index contributed by atoms with van der Waals surface area (Å²) < 4.78 is 26.4. The van der Waals surface area contributed by atoms with Gasteiger partial charge in [-0.3, -0.25) is 0 Å². The Morgan fingerprint density at radius 3 is 2.70 bits per heavy atom. The van der Waals surface area contributed by atoms with Crippen molar-refractivity contribution in [1.82, 2.24) is 14.3 Å². The number of para-hydroxylation sites is 1. The summed E-state index contributed by atoms with van der Waals surface area (Å²) in [4.78, 5) is 6.41. The molecule has 0 amide bonds. The van der Waals surface area contributed by atoms with Crippen LogP contribution in [0.25, 0.3) is 0 Å². The molecule has 2 aromatic rings. The number of nitrogens with one attached hydrogen (secondary N) is 1. The highest BCUT2D eigenvalue weighted by Gasteiger charge is 2.25. The van der Waals surface area contributed by atoms with Gasteiger partial charge in [0, 0.05) is 18.8 Å². The maximum Gasteiger partial charge on any atom is 0.260 e. The van der Waals surface area contributed by atoms with E-state index in [0.717, 1.165) is 12.0 Å². The van der Waals surface area contributed by atoms with Gasteiger partial charge >= 0.3 is 0 Å². The van der Waals surface area contributed by atoms with E-state index >= 15 is 0 Å². The van der Waals surface area contributed by atoms with Crippen LogP contribution in [0.5, 0.6) is 0 Å². The zero-order valence-electron chi connectivity index (χ0n) is 11.3. The van der Waals surface area contributed by atoms with Crippen molar-refractivity contribution in [1.29, 1.82) is 0 Å². The molecule has 0 bridgehead atoms. The third kappa shape index (κ3) is 3.00. The number of rotatable bonds is 6. The van der Waals surface area contributed by atoms with Gasteiger partial charge < -0.3 is 10.7 Å². The second-order valence-corrected chi connectivity index (χ2v) is 6.36. The van der Waals surface area contributed by atoms with Crippen LogP contribution in [-0.2, 0) is 16.6 Å². The summed E-state index contributed by atoms with van der Waals surface area (Å²) in [5.74, 6) is 0. The zero-order chi connectivity index (χ0) is 14.6. The summed E-state index contributed by atoms with van der Waals surface area (Å²) >= 11 is 0. The molecular weight excluding hydrogens is 276 g/mol. The number of hydrogen-bond donors (Lipinski definition) is 2. The van der Waals surface area contributed by atoms with Crippen molar-refractivity contribution in [2.75, 3.05) is 12.3 Å². The average Bonchev–Trinajstić information content (AvgIpc) is 2.95. The number of nitrogens with zero attached hydrogens (tertiary/aromatic N) is 2. The van der Waals surface area contributed by atoms with E-state index in [2.05, 4.69) is 9.97 Å². The lowest BCUT2D eigenvalue weighted by atomic mass is 10.2. The van der Waals surface area contributed by atoms with Gasteiger partial charge in [-0.25, -0.2) is 13.4 Å². The molecule has 7 heteroatoms. The number of aromatic amines is 1. The SMILES string of the molecule is CCCN(Cc1ccccc1N)S(=O)(=O)c1cnc[nH]1. The molecule has 20 heavy (non-hydrogen) atoms. The molecule has 0 aliphatic rings. The highest BCUT2D eigenvalue weighted by atomic mass is 32.2. The predicted molar refractivity (Wildman–Crippen MR) is 77.3 cm³/mol. The fourth-order valence-electron chi connectivity index (χ4n) is 1.93. The van der Waals surface area contributed by atoms with Crippen LogP contribution in [0.1, 0.15) is 18.9 Å². The monoisotopic (exact) mass is 294 g/mol. The van der Waals surface area contributed by atoms with E-state index in [1.165, 1.54) is 16.8 Å². The van der Waals surface area contributed by atoms with Crippen LogP contribution in [0.2, 0.25) is 0 Å². The average molecular weight is 294 g/mol. The molecule has 0 spiro atoms. The van der Waals surface area contributed by atoms with Crippen molar-refractivity contribution < 1.29 is 8.42 Å². The lowest BCUT2D eigenvalue weighted by Gasteiger charge is -2.21. The number of aromatic nitrogens is 2. The van der Waals surface area contributed by atoms with Gasteiger partial charge in [-0.2, -0.15) is 4.31 Å². The Balaban J connectivity index is 2.31. The van der Waals surface area contributed by atoms with Gasteiger partial charge in [0.15, 0.2) is 5.03 Å². The van der Waals surface area contributed by atoms with Crippen LogP contribution in [0.4, 0.5) is 5.69 Å². The quantitative estimate of drug-likeness (QED) is 0.791. The molecule has 0 saturated carbocycles. The first-order valence-corrected chi connectivity index (χ1v) is 7.81. The second-order valence-electron chi connectivity index (χ2n) is 4.45. The van der Waals surface area contributed by atoms with Gasteiger partial charge in [0.1, 0.15) is 0 Å². The molecule has 0 saturated heterocycles. The number of H-pyrrole nitrogens is 1. The Bertz CT molecular complexity index is 653. The molecule has 0 aliphatic carbocycles. The number of anilines is 1. The number of nitrogens with two attached hydrogens (primary N) is 1. The van der Waals surface area contributed by atoms with Gasteiger partial charge in [-0.15, -0.1) is 0 Å². The lowest BCUT2D eigenvalue weighted by Crippen LogP contribution is -2.32. The van der Waals surface area contributed by atoms with Crippen molar-refractivity contribution in [3.05, 3.63) is 42.4 Å². The zero-order valence-corrected chi connectivity index (χ0v) is 12.1. The number of hydrogen-bond acceptors (Lipinski definition) is 4. The molecule has 1 aromatic carbocycles. The van der Waals surface area contributed by atoms with Crippen molar-refractivity contribution in [3.8, 4) is 0 Å². The standard InChI is InChI=1S/C13H18N4O2S/c1-2-7-17(9-11-5-3-4-6-12(11)14)20(18,19)13-8-15-10-16-13/h3-6,8,10H,2,7,9,14H2,1H3,(H,15,16). The fourth-order valence-corrected chi connectivity index (χ4v) is 3.33.